The molecule has 0 heterocycles. The third-order valence-corrected chi connectivity index (χ3v) is 4.47. The average Bonchev–Trinajstić information content (AvgIpc) is 2.34. The van der Waals surface area contributed by atoms with E-state index in [1.807, 2.05) is 0 Å². The lowest BCUT2D eigenvalue weighted by molar-refractivity contribution is 0.0991. The summed E-state index contributed by atoms with van der Waals surface area (Å²) in [5.74, 6) is 0.945. The summed E-state index contributed by atoms with van der Waals surface area (Å²) in [5.41, 5.74) is 0.547. The van der Waals surface area contributed by atoms with Crippen molar-refractivity contribution in [2.75, 3.05) is 33.2 Å². The number of nitrogens with zero attached hydrogens (tertiary/aromatic N) is 1. The molecule has 0 aromatic rings. The predicted molar refractivity (Wildman–Crippen MR) is 81.0 cm³/mol. The van der Waals surface area contributed by atoms with Crippen LogP contribution in [0.25, 0.3) is 0 Å². The highest BCUT2D eigenvalue weighted by atomic mass is 15.1. The van der Waals surface area contributed by atoms with Gasteiger partial charge in [-0.1, -0.05) is 33.6 Å². The molecule has 2 heteroatoms. The van der Waals surface area contributed by atoms with Crippen LogP contribution in [0.5, 0.6) is 0 Å². The Morgan fingerprint density at radius 2 is 1.83 bits per heavy atom. The highest BCUT2D eigenvalue weighted by molar-refractivity contribution is 4.88. The molecule has 108 valence electrons. The van der Waals surface area contributed by atoms with E-state index >= 15 is 0 Å². The number of rotatable bonds is 8. The van der Waals surface area contributed by atoms with Gasteiger partial charge in [0.1, 0.15) is 0 Å². The van der Waals surface area contributed by atoms with Crippen LogP contribution in [0.3, 0.4) is 0 Å². The van der Waals surface area contributed by atoms with Gasteiger partial charge in [0.25, 0.3) is 0 Å². The summed E-state index contributed by atoms with van der Waals surface area (Å²) >= 11 is 0. The summed E-state index contributed by atoms with van der Waals surface area (Å²) in [6.45, 7) is 11.9. The minimum absolute atomic E-state index is 0.547. The van der Waals surface area contributed by atoms with Crippen molar-refractivity contribution < 1.29 is 0 Å². The molecule has 18 heavy (non-hydrogen) atoms. The van der Waals surface area contributed by atoms with Crippen molar-refractivity contribution in [3.8, 4) is 0 Å². The van der Waals surface area contributed by atoms with Crippen LogP contribution in [0.1, 0.15) is 59.3 Å². The van der Waals surface area contributed by atoms with E-state index in [0.717, 1.165) is 5.92 Å². The zero-order valence-corrected chi connectivity index (χ0v) is 13.1. The van der Waals surface area contributed by atoms with E-state index in [0.29, 0.717) is 5.41 Å². The summed E-state index contributed by atoms with van der Waals surface area (Å²) in [5, 5.41) is 3.68. The molecule has 0 bridgehead atoms. The number of hydrogen-bond acceptors (Lipinski definition) is 2. The SMILES string of the molecule is CCCNCC1(CN(C)CCC)CCC(C)CC1. The molecule has 0 aromatic heterocycles. The fourth-order valence-corrected chi connectivity index (χ4v) is 3.33. The lowest BCUT2D eigenvalue weighted by Gasteiger charge is -2.42. The number of nitrogens with one attached hydrogen (secondary N) is 1. The molecule has 0 aliphatic heterocycles. The molecule has 1 N–H and O–H groups in total. The summed E-state index contributed by atoms with van der Waals surface area (Å²) in [6, 6.07) is 0. The molecule has 0 unspecified atom stereocenters. The van der Waals surface area contributed by atoms with E-state index < -0.39 is 0 Å². The van der Waals surface area contributed by atoms with Crippen LogP contribution in [-0.4, -0.2) is 38.1 Å². The fourth-order valence-electron chi connectivity index (χ4n) is 3.33. The largest absolute Gasteiger partial charge is 0.316 e. The molecule has 0 radical (unpaired) electrons. The highest BCUT2D eigenvalue weighted by Crippen LogP contribution is 2.39. The smallest absolute Gasteiger partial charge is 0.00471 e. The second-order valence-electron chi connectivity index (χ2n) is 6.60. The lowest BCUT2D eigenvalue weighted by atomic mass is 9.70. The van der Waals surface area contributed by atoms with Gasteiger partial charge < -0.3 is 10.2 Å². The summed E-state index contributed by atoms with van der Waals surface area (Å²) in [7, 11) is 2.29. The van der Waals surface area contributed by atoms with Gasteiger partial charge in [-0.3, -0.25) is 0 Å². The van der Waals surface area contributed by atoms with E-state index in [2.05, 4.69) is 38.0 Å². The quantitative estimate of drug-likeness (QED) is 0.667. The van der Waals surface area contributed by atoms with Crippen LogP contribution in [0.2, 0.25) is 0 Å². The van der Waals surface area contributed by atoms with Gasteiger partial charge in [0, 0.05) is 13.1 Å². The van der Waals surface area contributed by atoms with Crippen LogP contribution in [-0.2, 0) is 0 Å². The summed E-state index contributed by atoms with van der Waals surface area (Å²) in [4.78, 5) is 2.55. The van der Waals surface area contributed by atoms with Crippen molar-refractivity contribution in [3.05, 3.63) is 0 Å². The number of hydrogen-bond donors (Lipinski definition) is 1. The van der Waals surface area contributed by atoms with Gasteiger partial charge in [-0.05, 0) is 57.2 Å². The van der Waals surface area contributed by atoms with E-state index in [1.54, 1.807) is 0 Å². The summed E-state index contributed by atoms with van der Waals surface area (Å²) < 4.78 is 0. The normalized spacial score (nSPS) is 28.8. The molecule has 0 spiro atoms. The molecule has 0 amide bonds. The van der Waals surface area contributed by atoms with Gasteiger partial charge in [0.05, 0.1) is 0 Å². The Balaban J connectivity index is 2.50. The minimum atomic E-state index is 0.547. The maximum Gasteiger partial charge on any atom is 0.00471 e. The zero-order chi connectivity index (χ0) is 13.4. The van der Waals surface area contributed by atoms with Crippen molar-refractivity contribution in [2.45, 2.75) is 59.3 Å². The molecule has 1 aliphatic carbocycles. The maximum atomic E-state index is 3.68. The molecule has 1 aliphatic rings. The van der Waals surface area contributed by atoms with Gasteiger partial charge in [-0.2, -0.15) is 0 Å². The second kappa shape index (κ2) is 8.16. The van der Waals surface area contributed by atoms with Crippen molar-refractivity contribution in [3.63, 3.8) is 0 Å². The first-order chi connectivity index (χ1) is 8.62. The first kappa shape index (κ1) is 16.0. The minimum Gasteiger partial charge on any atom is -0.316 e. The average molecular weight is 254 g/mol. The van der Waals surface area contributed by atoms with Crippen LogP contribution in [0, 0.1) is 11.3 Å². The van der Waals surface area contributed by atoms with Gasteiger partial charge in [-0.15, -0.1) is 0 Å². The Morgan fingerprint density at radius 3 is 2.39 bits per heavy atom. The van der Waals surface area contributed by atoms with Crippen LogP contribution in [0.4, 0.5) is 0 Å². The van der Waals surface area contributed by atoms with Crippen LogP contribution < -0.4 is 5.32 Å². The molecule has 1 fully saturated rings. The molecular weight excluding hydrogens is 220 g/mol. The highest BCUT2D eigenvalue weighted by Gasteiger charge is 2.34. The Morgan fingerprint density at radius 1 is 1.17 bits per heavy atom. The first-order valence-electron chi connectivity index (χ1n) is 8.01. The monoisotopic (exact) mass is 254 g/mol. The Kier molecular flexibility index (Phi) is 7.25. The van der Waals surface area contributed by atoms with E-state index in [4.69, 9.17) is 0 Å². The molecule has 1 rings (SSSR count). The third kappa shape index (κ3) is 5.27. The Labute approximate surface area is 115 Å². The fraction of sp³-hybridized carbons (Fsp3) is 1.00. The van der Waals surface area contributed by atoms with Gasteiger partial charge in [-0.25, -0.2) is 0 Å². The topological polar surface area (TPSA) is 15.3 Å². The third-order valence-electron chi connectivity index (χ3n) is 4.47. The van der Waals surface area contributed by atoms with Crippen LogP contribution in [0.15, 0.2) is 0 Å². The van der Waals surface area contributed by atoms with Crippen LogP contribution >= 0.6 is 0 Å². The second-order valence-corrected chi connectivity index (χ2v) is 6.60. The van der Waals surface area contributed by atoms with Crippen molar-refractivity contribution >= 4 is 0 Å². The van der Waals surface area contributed by atoms with Crippen molar-refractivity contribution in [1.29, 1.82) is 0 Å². The van der Waals surface area contributed by atoms with Crippen molar-refractivity contribution in [2.24, 2.45) is 11.3 Å². The van der Waals surface area contributed by atoms with Gasteiger partial charge in [0.2, 0.25) is 0 Å². The van der Waals surface area contributed by atoms with Crippen molar-refractivity contribution in [1.82, 2.24) is 10.2 Å². The van der Waals surface area contributed by atoms with E-state index in [9.17, 15) is 0 Å². The molecule has 1 saturated carbocycles. The standard InChI is InChI=1S/C16H34N2/c1-5-11-17-13-16(14-18(4)12-6-2)9-7-15(3)8-10-16/h15,17H,5-14H2,1-4H3. The first-order valence-corrected chi connectivity index (χ1v) is 8.01. The Hall–Kier alpha value is -0.0800. The predicted octanol–water partition coefficient (Wildman–Crippen LogP) is 3.52. The van der Waals surface area contributed by atoms with Gasteiger partial charge >= 0.3 is 0 Å². The van der Waals surface area contributed by atoms with Gasteiger partial charge in [0.15, 0.2) is 0 Å². The maximum absolute atomic E-state index is 3.68. The van der Waals surface area contributed by atoms with E-state index in [1.165, 1.54) is 64.7 Å². The zero-order valence-electron chi connectivity index (χ0n) is 13.1. The lowest BCUT2D eigenvalue weighted by Crippen LogP contribution is -2.45. The molecule has 0 saturated heterocycles. The molecule has 0 atom stereocenters. The Bertz CT molecular complexity index is 207. The molecule has 2 nitrogen and oxygen atoms in total. The van der Waals surface area contributed by atoms with E-state index in [-0.39, 0.29) is 0 Å². The molecule has 0 aromatic carbocycles. The molecular formula is C16H34N2. The summed E-state index contributed by atoms with van der Waals surface area (Å²) in [6.07, 6.45) is 8.20.